The van der Waals surface area contributed by atoms with E-state index in [0.717, 1.165) is 11.5 Å². The Bertz CT molecular complexity index is 399. The van der Waals surface area contributed by atoms with Gasteiger partial charge in [-0.1, -0.05) is 24.6 Å². The molecule has 1 saturated carbocycles. The summed E-state index contributed by atoms with van der Waals surface area (Å²) in [4.78, 5) is 0. The fourth-order valence-electron chi connectivity index (χ4n) is 2.66. The van der Waals surface area contributed by atoms with Crippen LogP contribution < -0.4 is 5.32 Å². The molecule has 0 bridgehead atoms. The van der Waals surface area contributed by atoms with Crippen LogP contribution in [0, 0.1) is 11.7 Å². The van der Waals surface area contributed by atoms with E-state index in [4.69, 9.17) is 11.6 Å². The molecule has 0 amide bonds. The summed E-state index contributed by atoms with van der Waals surface area (Å²) in [6.45, 7) is 4.40. The molecular weight excluding hydrogens is 249 g/mol. The summed E-state index contributed by atoms with van der Waals surface area (Å²) in [6, 6.07) is 5.80. The van der Waals surface area contributed by atoms with Crippen molar-refractivity contribution in [3.8, 4) is 0 Å². The van der Waals surface area contributed by atoms with Gasteiger partial charge in [0.25, 0.3) is 0 Å². The third-order valence-corrected chi connectivity index (χ3v) is 4.25. The van der Waals surface area contributed by atoms with Crippen molar-refractivity contribution in [1.29, 1.82) is 0 Å². The van der Waals surface area contributed by atoms with Crippen LogP contribution in [0.15, 0.2) is 18.2 Å². The molecule has 1 aromatic carbocycles. The summed E-state index contributed by atoms with van der Waals surface area (Å²) in [5.74, 6) is 0.520. The van der Waals surface area contributed by atoms with Gasteiger partial charge >= 0.3 is 0 Å². The summed E-state index contributed by atoms with van der Waals surface area (Å²) in [7, 11) is 0. The standard InChI is InChI=1S/C15H21ClFN/c1-10-3-6-13(7-4-10)18-11(2)12-5-8-14(16)15(17)9-12/h5,8-11,13,18H,3-4,6-7H2,1-2H3. The molecule has 0 heterocycles. The number of hydrogen-bond acceptors (Lipinski definition) is 1. The fraction of sp³-hybridized carbons (Fsp3) is 0.600. The number of benzene rings is 1. The Balaban J connectivity index is 1.94. The van der Waals surface area contributed by atoms with Gasteiger partial charge < -0.3 is 5.32 Å². The predicted octanol–water partition coefficient (Wildman–Crippen LogP) is 4.71. The largest absolute Gasteiger partial charge is 0.307 e. The molecule has 3 heteroatoms. The van der Waals surface area contributed by atoms with Crippen molar-refractivity contribution in [2.75, 3.05) is 0 Å². The lowest BCUT2D eigenvalue weighted by Gasteiger charge is -2.29. The van der Waals surface area contributed by atoms with E-state index in [0.29, 0.717) is 6.04 Å². The monoisotopic (exact) mass is 269 g/mol. The zero-order valence-electron chi connectivity index (χ0n) is 11.0. The van der Waals surface area contributed by atoms with Crippen LogP contribution in [0.2, 0.25) is 5.02 Å². The van der Waals surface area contributed by atoms with Crippen LogP contribution in [-0.2, 0) is 0 Å². The van der Waals surface area contributed by atoms with Gasteiger partial charge in [0.05, 0.1) is 5.02 Å². The fourth-order valence-corrected chi connectivity index (χ4v) is 2.78. The molecule has 0 radical (unpaired) electrons. The van der Waals surface area contributed by atoms with Crippen LogP contribution >= 0.6 is 11.6 Å². The topological polar surface area (TPSA) is 12.0 Å². The Morgan fingerprint density at radius 3 is 2.56 bits per heavy atom. The lowest BCUT2D eigenvalue weighted by Crippen LogP contribution is -2.34. The molecule has 0 aromatic heterocycles. The average Bonchev–Trinajstić information content (AvgIpc) is 2.35. The highest BCUT2D eigenvalue weighted by Gasteiger charge is 2.20. The van der Waals surface area contributed by atoms with Crippen molar-refractivity contribution in [2.45, 2.75) is 51.6 Å². The van der Waals surface area contributed by atoms with Gasteiger partial charge in [-0.3, -0.25) is 0 Å². The summed E-state index contributed by atoms with van der Waals surface area (Å²) in [5.41, 5.74) is 0.968. The number of rotatable bonds is 3. The molecule has 2 rings (SSSR count). The van der Waals surface area contributed by atoms with Crippen molar-refractivity contribution in [2.24, 2.45) is 5.92 Å². The van der Waals surface area contributed by atoms with E-state index in [1.54, 1.807) is 6.07 Å². The third-order valence-electron chi connectivity index (χ3n) is 3.95. The van der Waals surface area contributed by atoms with Crippen LogP contribution in [0.3, 0.4) is 0 Å². The van der Waals surface area contributed by atoms with Crippen LogP contribution in [0.5, 0.6) is 0 Å². The highest BCUT2D eigenvalue weighted by Crippen LogP contribution is 2.26. The molecule has 0 spiro atoms. The SMILES string of the molecule is CC1CCC(NC(C)c2ccc(Cl)c(F)c2)CC1. The second kappa shape index (κ2) is 6.03. The van der Waals surface area contributed by atoms with E-state index in [1.807, 2.05) is 6.07 Å². The quantitative estimate of drug-likeness (QED) is 0.838. The van der Waals surface area contributed by atoms with E-state index < -0.39 is 0 Å². The Hall–Kier alpha value is -0.600. The highest BCUT2D eigenvalue weighted by atomic mass is 35.5. The predicted molar refractivity (Wildman–Crippen MR) is 74.4 cm³/mol. The lowest BCUT2D eigenvalue weighted by molar-refractivity contribution is 0.291. The Morgan fingerprint density at radius 1 is 1.28 bits per heavy atom. The van der Waals surface area contributed by atoms with Gasteiger partial charge in [0, 0.05) is 12.1 Å². The van der Waals surface area contributed by atoms with Gasteiger partial charge in [-0.15, -0.1) is 0 Å². The van der Waals surface area contributed by atoms with Crippen LogP contribution in [-0.4, -0.2) is 6.04 Å². The first-order valence-corrected chi connectivity index (χ1v) is 7.15. The molecule has 1 nitrogen and oxygen atoms in total. The summed E-state index contributed by atoms with van der Waals surface area (Å²) in [6.07, 6.45) is 5.03. The van der Waals surface area contributed by atoms with E-state index in [2.05, 4.69) is 19.2 Å². The molecule has 100 valence electrons. The molecule has 0 aliphatic heterocycles. The minimum atomic E-state index is -0.333. The summed E-state index contributed by atoms with van der Waals surface area (Å²) < 4.78 is 13.4. The van der Waals surface area contributed by atoms with Crippen molar-refractivity contribution in [3.63, 3.8) is 0 Å². The molecule has 1 atom stereocenters. The average molecular weight is 270 g/mol. The summed E-state index contributed by atoms with van der Waals surface area (Å²) >= 11 is 5.70. The maximum atomic E-state index is 13.4. The second-order valence-corrected chi connectivity index (χ2v) is 5.93. The van der Waals surface area contributed by atoms with Crippen molar-refractivity contribution < 1.29 is 4.39 Å². The zero-order valence-corrected chi connectivity index (χ0v) is 11.8. The van der Waals surface area contributed by atoms with Crippen LogP contribution in [0.25, 0.3) is 0 Å². The Labute approximate surface area is 114 Å². The van der Waals surface area contributed by atoms with E-state index >= 15 is 0 Å². The van der Waals surface area contributed by atoms with E-state index in [9.17, 15) is 4.39 Å². The Kier molecular flexibility index (Phi) is 4.63. The van der Waals surface area contributed by atoms with Gasteiger partial charge in [0.1, 0.15) is 5.82 Å². The molecular formula is C15H21ClFN. The minimum absolute atomic E-state index is 0.176. The molecule has 1 aliphatic carbocycles. The normalized spacial score (nSPS) is 26.0. The van der Waals surface area contributed by atoms with Gasteiger partial charge in [0.2, 0.25) is 0 Å². The number of halogens is 2. The zero-order chi connectivity index (χ0) is 13.1. The lowest BCUT2D eigenvalue weighted by atomic mass is 9.87. The van der Waals surface area contributed by atoms with E-state index in [1.165, 1.54) is 31.7 Å². The molecule has 1 N–H and O–H groups in total. The van der Waals surface area contributed by atoms with Crippen LogP contribution in [0.4, 0.5) is 4.39 Å². The molecule has 1 fully saturated rings. The molecule has 18 heavy (non-hydrogen) atoms. The van der Waals surface area contributed by atoms with Crippen molar-refractivity contribution in [1.82, 2.24) is 5.32 Å². The smallest absolute Gasteiger partial charge is 0.142 e. The van der Waals surface area contributed by atoms with Gasteiger partial charge in [-0.25, -0.2) is 4.39 Å². The van der Waals surface area contributed by atoms with Crippen LogP contribution in [0.1, 0.15) is 51.1 Å². The first-order chi connectivity index (χ1) is 8.56. The second-order valence-electron chi connectivity index (χ2n) is 5.52. The highest BCUT2D eigenvalue weighted by molar-refractivity contribution is 6.30. The number of nitrogens with one attached hydrogen (secondary N) is 1. The molecule has 0 saturated heterocycles. The molecule has 1 unspecified atom stereocenters. The molecule has 1 aromatic rings. The maximum absolute atomic E-state index is 13.4. The summed E-state index contributed by atoms with van der Waals surface area (Å²) in [5, 5.41) is 3.78. The minimum Gasteiger partial charge on any atom is -0.307 e. The van der Waals surface area contributed by atoms with Crippen molar-refractivity contribution >= 4 is 11.6 Å². The van der Waals surface area contributed by atoms with Gasteiger partial charge in [0.15, 0.2) is 0 Å². The van der Waals surface area contributed by atoms with Gasteiger partial charge in [-0.2, -0.15) is 0 Å². The molecule has 1 aliphatic rings. The first kappa shape index (κ1) is 13.8. The first-order valence-electron chi connectivity index (χ1n) is 6.77. The Morgan fingerprint density at radius 2 is 1.94 bits per heavy atom. The number of hydrogen-bond donors (Lipinski definition) is 1. The van der Waals surface area contributed by atoms with Gasteiger partial charge in [-0.05, 0) is 56.2 Å². The maximum Gasteiger partial charge on any atom is 0.142 e. The van der Waals surface area contributed by atoms with Crippen molar-refractivity contribution in [3.05, 3.63) is 34.6 Å². The van der Waals surface area contributed by atoms with E-state index in [-0.39, 0.29) is 16.9 Å². The third kappa shape index (κ3) is 3.46.